The van der Waals surface area contributed by atoms with E-state index in [9.17, 15) is 0 Å². The molecule has 12 heavy (non-hydrogen) atoms. The number of halogens is 2. The second-order valence-electron chi connectivity index (χ2n) is 1.93. The Kier molecular flexibility index (Phi) is 6.56. The minimum absolute atomic E-state index is 0. The molecule has 0 aromatic heterocycles. The molecule has 0 fully saturated rings. The van der Waals surface area contributed by atoms with Crippen molar-refractivity contribution in [3.8, 4) is 0 Å². The zero-order valence-electron chi connectivity index (χ0n) is 5.94. The summed E-state index contributed by atoms with van der Waals surface area (Å²) in [4.78, 5) is 1.12. The van der Waals surface area contributed by atoms with Gasteiger partial charge in [-0.15, -0.1) is 24.8 Å². The summed E-state index contributed by atoms with van der Waals surface area (Å²) in [6.07, 6.45) is 3.21. The number of hydrogen-bond acceptors (Lipinski definition) is 4. The Balaban J connectivity index is 0. The smallest absolute Gasteiger partial charge is 0.0628 e. The first-order valence-corrected chi connectivity index (χ1v) is 3.46. The van der Waals surface area contributed by atoms with Crippen LogP contribution in [0, 0.1) is 0 Å². The van der Waals surface area contributed by atoms with Gasteiger partial charge in [0.25, 0.3) is 0 Å². The molecule has 0 spiro atoms. The Morgan fingerprint density at radius 1 is 0.833 bits per heavy atom. The first kappa shape index (κ1) is 14.4. The highest BCUT2D eigenvalue weighted by molar-refractivity contribution is 7.82. The van der Waals surface area contributed by atoms with E-state index in [2.05, 4.69) is 0 Å². The molecule has 2 nitrogen and oxygen atoms in total. The monoisotopic (exact) mass is 242 g/mol. The summed E-state index contributed by atoms with van der Waals surface area (Å²) in [7, 11) is 0. The van der Waals surface area contributed by atoms with Crippen LogP contribution in [0.3, 0.4) is 0 Å². The molecule has 1 aliphatic rings. The lowest BCUT2D eigenvalue weighted by atomic mass is 10.1. The molecule has 68 valence electrons. The van der Waals surface area contributed by atoms with Crippen LogP contribution >= 0.6 is 49.2 Å². The molecule has 1 rings (SSSR count). The van der Waals surface area contributed by atoms with E-state index in [1.165, 1.54) is 0 Å². The molecule has 0 atom stereocenters. The van der Waals surface area contributed by atoms with Gasteiger partial charge < -0.3 is 11.5 Å². The van der Waals surface area contributed by atoms with Crippen LogP contribution in [-0.4, -0.2) is 9.73 Å². The number of allylic oxidation sites excluding steroid dienone is 2. The second-order valence-corrected chi connectivity index (χ2v) is 2.81. The van der Waals surface area contributed by atoms with E-state index in [4.69, 9.17) is 35.9 Å². The summed E-state index contributed by atoms with van der Waals surface area (Å²) in [6.45, 7) is 0. The molecule has 0 saturated carbocycles. The van der Waals surface area contributed by atoms with E-state index in [1.54, 1.807) is 12.2 Å². The van der Waals surface area contributed by atoms with Crippen molar-refractivity contribution >= 4 is 59.0 Å². The number of thiocarbonyl (C=S) groups is 2. The largest absolute Gasteiger partial charge is 0.398 e. The summed E-state index contributed by atoms with van der Waals surface area (Å²) in [6, 6.07) is 0. The van der Waals surface area contributed by atoms with Crippen molar-refractivity contribution in [2.45, 2.75) is 0 Å². The molecule has 0 bridgehead atoms. The van der Waals surface area contributed by atoms with Crippen molar-refractivity contribution in [1.29, 1.82) is 0 Å². The number of hydrogen-bond donors (Lipinski definition) is 2. The van der Waals surface area contributed by atoms with Crippen LogP contribution in [0.2, 0.25) is 0 Å². The highest BCUT2D eigenvalue weighted by atomic mass is 35.5. The van der Waals surface area contributed by atoms with Crippen LogP contribution in [0.4, 0.5) is 0 Å². The van der Waals surface area contributed by atoms with Gasteiger partial charge in [-0.3, -0.25) is 0 Å². The van der Waals surface area contributed by atoms with Gasteiger partial charge in [-0.25, -0.2) is 0 Å². The van der Waals surface area contributed by atoms with Gasteiger partial charge in [-0.05, 0) is 12.2 Å². The van der Waals surface area contributed by atoms with E-state index < -0.39 is 0 Å². The lowest BCUT2D eigenvalue weighted by Gasteiger charge is -2.07. The van der Waals surface area contributed by atoms with Gasteiger partial charge in [-0.1, -0.05) is 24.4 Å². The first-order valence-electron chi connectivity index (χ1n) is 2.64. The Morgan fingerprint density at radius 3 is 1.33 bits per heavy atom. The third-order valence-corrected chi connectivity index (χ3v) is 1.85. The van der Waals surface area contributed by atoms with Gasteiger partial charge in [0.1, 0.15) is 0 Å². The predicted molar refractivity (Wildman–Crippen MR) is 64.2 cm³/mol. The van der Waals surface area contributed by atoms with Crippen LogP contribution in [0.25, 0.3) is 0 Å². The number of rotatable bonds is 0. The SMILES string of the molecule is Cl.Cl.NC1=CC(=S)C(N)=CC1=S. The maximum absolute atomic E-state index is 5.46. The summed E-state index contributed by atoms with van der Waals surface area (Å²) >= 11 is 9.70. The van der Waals surface area contributed by atoms with Crippen LogP contribution < -0.4 is 11.5 Å². The lowest BCUT2D eigenvalue weighted by Crippen LogP contribution is -2.19. The van der Waals surface area contributed by atoms with E-state index >= 15 is 0 Å². The van der Waals surface area contributed by atoms with Crippen molar-refractivity contribution in [2.24, 2.45) is 11.5 Å². The normalized spacial score (nSPS) is 15.3. The minimum Gasteiger partial charge on any atom is -0.398 e. The molecule has 0 aliphatic heterocycles. The van der Waals surface area contributed by atoms with Crippen LogP contribution in [0.15, 0.2) is 23.5 Å². The van der Waals surface area contributed by atoms with E-state index in [0.717, 1.165) is 0 Å². The summed E-state index contributed by atoms with van der Waals surface area (Å²) in [5, 5.41) is 0. The first-order chi connectivity index (χ1) is 4.61. The average molecular weight is 243 g/mol. The Bertz CT molecular complexity index is 243. The average Bonchev–Trinajstić information content (AvgIpc) is 1.84. The van der Waals surface area contributed by atoms with E-state index in [0.29, 0.717) is 21.1 Å². The molecule has 0 aromatic rings. The Hall–Kier alpha value is -0.160. The highest BCUT2D eigenvalue weighted by Gasteiger charge is 2.08. The second kappa shape index (κ2) is 5.48. The molecule has 0 radical (unpaired) electrons. The fraction of sp³-hybridized carbons (Fsp3) is 0. The summed E-state index contributed by atoms with van der Waals surface area (Å²) < 4.78 is 0. The molecule has 6 heteroatoms. The topological polar surface area (TPSA) is 52.0 Å². The molecule has 0 amide bonds. The van der Waals surface area contributed by atoms with Gasteiger partial charge >= 0.3 is 0 Å². The van der Waals surface area contributed by atoms with Crippen molar-refractivity contribution in [3.63, 3.8) is 0 Å². The van der Waals surface area contributed by atoms with Crippen molar-refractivity contribution < 1.29 is 0 Å². The van der Waals surface area contributed by atoms with Crippen molar-refractivity contribution in [3.05, 3.63) is 23.5 Å². The van der Waals surface area contributed by atoms with E-state index in [-0.39, 0.29) is 24.8 Å². The molecular weight excluding hydrogens is 235 g/mol. The Morgan fingerprint density at radius 2 is 1.08 bits per heavy atom. The van der Waals surface area contributed by atoms with Gasteiger partial charge in [0.2, 0.25) is 0 Å². The van der Waals surface area contributed by atoms with Crippen LogP contribution in [0.5, 0.6) is 0 Å². The van der Waals surface area contributed by atoms with Crippen molar-refractivity contribution in [2.75, 3.05) is 0 Å². The Labute approximate surface area is 93.9 Å². The third kappa shape index (κ3) is 3.06. The molecular formula is C6H8Cl2N2S2. The molecule has 4 N–H and O–H groups in total. The minimum atomic E-state index is 0. The maximum Gasteiger partial charge on any atom is 0.0628 e. The van der Waals surface area contributed by atoms with Gasteiger partial charge in [0.15, 0.2) is 0 Å². The van der Waals surface area contributed by atoms with Gasteiger partial charge in [-0.2, -0.15) is 0 Å². The maximum atomic E-state index is 5.46. The molecule has 0 unspecified atom stereocenters. The molecule has 0 aromatic carbocycles. The molecule has 1 aliphatic carbocycles. The summed E-state index contributed by atoms with van der Waals surface area (Å²) in [5.74, 6) is 0. The highest BCUT2D eigenvalue weighted by Crippen LogP contribution is 2.06. The molecule has 0 saturated heterocycles. The molecule has 0 heterocycles. The zero-order valence-corrected chi connectivity index (χ0v) is 9.21. The van der Waals surface area contributed by atoms with Crippen molar-refractivity contribution in [1.82, 2.24) is 0 Å². The summed E-state index contributed by atoms with van der Waals surface area (Å²) in [5.41, 5.74) is 12.0. The van der Waals surface area contributed by atoms with Gasteiger partial charge in [0.05, 0.1) is 21.1 Å². The zero-order chi connectivity index (χ0) is 7.72. The predicted octanol–water partition coefficient (Wildman–Crippen LogP) is 1.27. The quantitative estimate of drug-likeness (QED) is 0.629. The van der Waals surface area contributed by atoms with Crippen LogP contribution in [-0.2, 0) is 0 Å². The van der Waals surface area contributed by atoms with Crippen LogP contribution in [0.1, 0.15) is 0 Å². The lowest BCUT2D eigenvalue weighted by molar-refractivity contribution is 1.45. The fourth-order valence-electron chi connectivity index (χ4n) is 0.591. The fourth-order valence-corrected chi connectivity index (χ4v) is 0.963. The third-order valence-electron chi connectivity index (χ3n) is 1.14. The standard InChI is InChI=1S/C6H6N2S2.2ClH/c7-3-1-5(9)4(8)2-6(3)10;;/h1-2H,7-8H2;2*1H. The number of nitrogens with two attached hydrogens (primary N) is 2. The van der Waals surface area contributed by atoms with E-state index in [1.807, 2.05) is 0 Å². The van der Waals surface area contributed by atoms with Gasteiger partial charge in [0, 0.05) is 0 Å².